The molecular formula is C30H21N. The predicted octanol–water partition coefficient (Wildman–Crippen LogP) is 7.42. The van der Waals surface area contributed by atoms with Gasteiger partial charge in [-0.15, -0.1) is 0 Å². The van der Waals surface area contributed by atoms with Crippen molar-refractivity contribution in [3.63, 3.8) is 0 Å². The Kier molecular flexibility index (Phi) is 4.07. The fraction of sp³-hybridized carbons (Fsp3) is 0.0333. The molecular weight excluding hydrogens is 374 g/mol. The average Bonchev–Trinajstić information content (AvgIpc) is 3.18. The maximum absolute atomic E-state index is 9.23. The second-order valence-corrected chi connectivity index (χ2v) is 8.10. The van der Waals surface area contributed by atoms with Crippen molar-refractivity contribution < 1.29 is 0 Å². The summed E-state index contributed by atoms with van der Waals surface area (Å²) in [6.45, 7) is 0. The van der Waals surface area contributed by atoms with Crippen LogP contribution >= 0.6 is 0 Å². The normalized spacial score (nSPS) is 12.5. The molecule has 31 heavy (non-hydrogen) atoms. The van der Waals surface area contributed by atoms with E-state index in [4.69, 9.17) is 0 Å². The quantitative estimate of drug-likeness (QED) is 0.302. The standard InChI is InChI=1S/C30H21N/c31-30(21-11-2-1-3-12-21)29-22-13-5-4-10-20(22)18-19-27(29)28-25-16-8-6-14-23(25)24-15-7-9-17-26(24)28/h1-19,28,31H. The molecule has 0 spiro atoms. The Labute approximate surface area is 182 Å². The third kappa shape index (κ3) is 2.74. The largest absolute Gasteiger partial charge is 0.300 e. The highest BCUT2D eigenvalue weighted by Crippen LogP contribution is 2.49. The second kappa shape index (κ2) is 7.07. The van der Waals surface area contributed by atoms with E-state index in [0.29, 0.717) is 5.71 Å². The zero-order chi connectivity index (χ0) is 20.8. The maximum Gasteiger partial charge on any atom is 0.0693 e. The number of nitrogens with one attached hydrogen (secondary N) is 1. The van der Waals surface area contributed by atoms with Gasteiger partial charge in [-0.1, -0.05) is 115 Å². The molecule has 0 unspecified atom stereocenters. The fourth-order valence-corrected chi connectivity index (χ4v) is 5.05. The van der Waals surface area contributed by atoms with Gasteiger partial charge in [0.25, 0.3) is 0 Å². The molecule has 1 aliphatic rings. The molecule has 0 fully saturated rings. The molecule has 1 heteroatoms. The van der Waals surface area contributed by atoms with Gasteiger partial charge in [-0.2, -0.15) is 0 Å². The summed E-state index contributed by atoms with van der Waals surface area (Å²) in [5, 5.41) is 11.5. The Morgan fingerprint density at radius 2 is 1.10 bits per heavy atom. The van der Waals surface area contributed by atoms with Crippen LogP contribution in [-0.4, -0.2) is 5.71 Å². The van der Waals surface area contributed by atoms with Crippen LogP contribution in [0.4, 0.5) is 0 Å². The molecule has 5 aromatic rings. The molecule has 0 radical (unpaired) electrons. The molecule has 146 valence electrons. The van der Waals surface area contributed by atoms with Gasteiger partial charge in [0.1, 0.15) is 0 Å². The van der Waals surface area contributed by atoms with Crippen molar-refractivity contribution in [1.29, 1.82) is 5.41 Å². The number of hydrogen-bond donors (Lipinski definition) is 1. The van der Waals surface area contributed by atoms with Crippen molar-refractivity contribution in [2.45, 2.75) is 5.92 Å². The smallest absolute Gasteiger partial charge is 0.0693 e. The molecule has 0 bridgehead atoms. The minimum Gasteiger partial charge on any atom is -0.300 e. The van der Waals surface area contributed by atoms with Gasteiger partial charge in [-0.05, 0) is 38.6 Å². The Balaban J connectivity index is 1.67. The Morgan fingerprint density at radius 1 is 0.516 bits per heavy atom. The lowest BCUT2D eigenvalue weighted by atomic mass is 9.82. The molecule has 0 amide bonds. The molecule has 1 nitrogen and oxygen atoms in total. The minimum absolute atomic E-state index is 0.121. The van der Waals surface area contributed by atoms with Gasteiger partial charge in [0.2, 0.25) is 0 Å². The number of rotatable bonds is 3. The predicted molar refractivity (Wildman–Crippen MR) is 129 cm³/mol. The van der Waals surface area contributed by atoms with Gasteiger partial charge in [0, 0.05) is 17.0 Å². The first-order valence-corrected chi connectivity index (χ1v) is 10.7. The highest BCUT2D eigenvalue weighted by atomic mass is 14.4. The van der Waals surface area contributed by atoms with Crippen LogP contribution in [-0.2, 0) is 0 Å². The zero-order valence-electron chi connectivity index (χ0n) is 17.0. The van der Waals surface area contributed by atoms with E-state index in [2.05, 4.69) is 84.9 Å². The molecule has 1 N–H and O–H groups in total. The van der Waals surface area contributed by atoms with E-state index in [-0.39, 0.29) is 5.92 Å². The first-order valence-electron chi connectivity index (χ1n) is 10.7. The highest BCUT2D eigenvalue weighted by molar-refractivity contribution is 6.19. The van der Waals surface area contributed by atoms with Crippen molar-refractivity contribution in [2.24, 2.45) is 0 Å². The van der Waals surface area contributed by atoms with Gasteiger partial charge in [0.05, 0.1) is 5.71 Å². The summed E-state index contributed by atoms with van der Waals surface area (Å²) in [5.74, 6) is 0.121. The summed E-state index contributed by atoms with van der Waals surface area (Å²) in [6.07, 6.45) is 0. The lowest BCUT2D eigenvalue weighted by Crippen LogP contribution is -2.11. The van der Waals surface area contributed by atoms with Crippen LogP contribution in [0.25, 0.3) is 21.9 Å². The van der Waals surface area contributed by atoms with Crippen molar-refractivity contribution >= 4 is 16.5 Å². The summed E-state index contributed by atoms with van der Waals surface area (Å²) >= 11 is 0. The fourth-order valence-electron chi connectivity index (χ4n) is 5.05. The van der Waals surface area contributed by atoms with Gasteiger partial charge in [-0.3, -0.25) is 5.41 Å². The van der Waals surface area contributed by atoms with E-state index in [1.54, 1.807) is 0 Å². The molecule has 6 rings (SSSR count). The Bertz CT molecular complexity index is 1400. The van der Waals surface area contributed by atoms with Crippen LogP contribution in [0.1, 0.15) is 33.7 Å². The van der Waals surface area contributed by atoms with E-state index in [1.807, 2.05) is 30.3 Å². The van der Waals surface area contributed by atoms with Crippen molar-refractivity contribution in [1.82, 2.24) is 0 Å². The monoisotopic (exact) mass is 395 g/mol. The van der Waals surface area contributed by atoms with Crippen LogP contribution in [0.3, 0.4) is 0 Å². The minimum atomic E-state index is 0.121. The second-order valence-electron chi connectivity index (χ2n) is 8.10. The third-order valence-electron chi connectivity index (χ3n) is 6.42. The van der Waals surface area contributed by atoms with Crippen molar-refractivity contribution in [3.05, 3.63) is 143 Å². The highest BCUT2D eigenvalue weighted by Gasteiger charge is 2.32. The molecule has 0 atom stereocenters. The van der Waals surface area contributed by atoms with Crippen molar-refractivity contribution in [2.75, 3.05) is 0 Å². The van der Waals surface area contributed by atoms with Crippen LogP contribution in [0, 0.1) is 5.41 Å². The first-order chi connectivity index (χ1) is 15.3. The summed E-state index contributed by atoms with van der Waals surface area (Å²) in [7, 11) is 0. The lowest BCUT2D eigenvalue weighted by Gasteiger charge is -2.21. The molecule has 0 heterocycles. The van der Waals surface area contributed by atoms with Gasteiger partial charge >= 0.3 is 0 Å². The van der Waals surface area contributed by atoms with E-state index < -0.39 is 0 Å². The van der Waals surface area contributed by atoms with Gasteiger partial charge in [0.15, 0.2) is 0 Å². The average molecular weight is 396 g/mol. The summed E-state index contributed by atoms with van der Waals surface area (Å²) < 4.78 is 0. The maximum atomic E-state index is 9.23. The molecule has 0 saturated carbocycles. The van der Waals surface area contributed by atoms with Crippen LogP contribution in [0.5, 0.6) is 0 Å². The van der Waals surface area contributed by atoms with E-state index in [1.165, 1.54) is 33.2 Å². The first kappa shape index (κ1) is 17.9. The molecule has 0 aromatic heterocycles. The topological polar surface area (TPSA) is 23.9 Å². The number of benzene rings is 5. The van der Waals surface area contributed by atoms with Crippen molar-refractivity contribution in [3.8, 4) is 11.1 Å². The van der Waals surface area contributed by atoms with Gasteiger partial charge in [-0.25, -0.2) is 0 Å². The summed E-state index contributed by atoms with van der Waals surface area (Å²) in [6, 6.07) is 40.4. The van der Waals surface area contributed by atoms with Crippen LogP contribution < -0.4 is 0 Å². The van der Waals surface area contributed by atoms with Gasteiger partial charge < -0.3 is 0 Å². The number of hydrogen-bond acceptors (Lipinski definition) is 1. The molecule has 0 saturated heterocycles. The third-order valence-corrected chi connectivity index (χ3v) is 6.42. The van der Waals surface area contributed by atoms with Crippen LogP contribution in [0.2, 0.25) is 0 Å². The summed E-state index contributed by atoms with van der Waals surface area (Å²) in [4.78, 5) is 0. The molecule has 1 aliphatic carbocycles. The Hall–Kier alpha value is -3.97. The Morgan fingerprint density at radius 3 is 1.81 bits per heavy atom. The molecule has 0 aliphatic heterocycles. The van der Waals surface area contributed by atoms with E-state index in [0.717, 1.165) is 16.5 Å². The van der Waals surface area contributed by atoms with E-state index >= 15 is 0 Å². The zero-order valence-corrected chi connectivity index (χ0v) is 17.0. The lowest BCUT2D eigenvalue weighted by molar-refractivity contribution is 1.01. The number of fused-ring (bicyclic) bond motifs is 4. The van der Waals surface area contributed by atoms with E-state index in [9.17, 15) is 5.41 Å². The SMILES string of the molecule is N=C(c1ccccc1)c1c(C2c3ccccc3-c3ccccc32)ccc2ccccc12. The summed E-state index contributed by atoms with van der Waals surface area (Å²) in [5.41, 5.74) is 8.99. The van der Waals surface area contributed by atoms with Crippen LogP contribution in [0.15, 0.2) is 115 Å². The molecule has 5 aromatic carbocycles.